The molecule has 0 saturated carbocycles. The summed E-state index contributed by atoms with van der Waals surface area (Å²) in [4.78, 5) is 24.5. The van der Waals surface area contributed by atoms with Crippen LogP contribution in [0.15, 0.2) is 84.9 Å². The third kappa shape index (κ3) is 5.44. The number of carboxylic acids is 1. The van der Waals surface area contributed by atoms with Crippen molar-refractivity contribution >= 4 is 22.6 Å². The van der Waals surface area contributed by atoms with Gasteiger partial charge < -0.3 is 15.2 Å². The van der Waals surface area contributed by atoms with Crippen LogP contribution in [0.4, 0.5) is 0 Å². The molecule has 0 spiro atoms. The van der Waals surface area contributed by atoms with E-state index < -0.39 is 5.97 Å². The summed E-state index contributed by atoms with van der Waals surface area (Å²) in [6, 6.07) is 26.7. The number of amides is 1. The van der Waals surface area contributed by atoms with Crippen molar-refractivity contribution in [2.24, 2.45) is 0 Å². The molecule has 172 valence electrons. The van der Waals surface area contributed by atoms with E-state index in [0.717, 1.165) is 21.9 Å². The molecule has 5 heteroatoms. The van der Waals surface area contributed by atoms with Gasteiger partial charge in [-0.25, -0.2) is 0 Å². The van der Waals surface area contributed by atoms with Gasteiger partial charge >= 0.3 is 5.97 Å². The van der Waals surface area contributed by atoms with Crippen LogP contribution < -0.4 is 10.1 Å². The summed E-state index contributed by atoms with van der Waals surface area (Å²) in [5, 5.41) is 14.4. The maximum atomic E-state index is 13.4. The highest BCUT2D eigenvalue weighted by Crippen LogP contribution is 2.27. The van der Waals surface area contributed by atoms with Crippen molar-refractivity contribution in [1.29, 1.82) is 0 Å². The molecule has 1 amide bonds. The Morgan fingerprint density at radius 2 is 1.62 bits per heavy atom. The van der Waals surface area contributed by atoms with Gasteiger partial charge in [-0.3, -0.25) is 9.59 Å². The largest absolute Gasteiger partial charge is 0.481 e. The van der Waals surface area contributed by atoms with Gasteiger partial charge in [0.15, 0.2) is 0 Å². The molecule has 0 aromatic heterocycles. The van der Waals surface area contributed by atoms with Crippen LogP contribution in [0.1, 0.15) is 46.4 Å². The fourth-order valence-corrected chi connectivity index (χ4v) is 4.01. The van der Waals surface area contributed by atoms with Crippen LogP contribution >= 0.6 is 0 Å². The number of aliphatic carboxylic acids is 1. The summed E-state index contributed by atoms with van der Waals surface area (Å²) < 4.78 is 5.96. The van der Waals surface area contributed by atoms with E-state index in [2.05, 4.69) is 5.32 Å². The zero-order valence-electron chi connectivity index (χ0n) is 19.2. The van der Waals surface area contributed by atoms with Crippen molar-refractivity contribution in [3.8, 4) is 11.5 Å². The van der Waals surface area contributed by atoms with Crippen LogP contribution in [0.5, 0.6) is 11.5 Å². The van der Waals surface area contributed by atoms with Gasteiger partial charge in [-0.1, -0.05) is 66.2 Å². The van der Waals surface area contributed by atoms with Gasteiger partial charge in [0.25, 0.3) is 5.91 Å². The lowest BCUT2D eigenvalue weighted by atomic mass is 9.98. The summed E-state index contributed by atoms with van der Waals surface area (Å²) in [5.41, 5.74) is 3.23. The van der Waals surface area contributed by atoms with Crippen LogP contribution in [0.2, 0.25) is 0 Å². The maximum Gasteiger partial charge on any atom is 0.303 e. The number of carbonyl (C=O) groups is 2. The Kier molecular flexibility index (Phi) is 6.93. The number of carboxylic acid groups (broad SMARTS) is 1. The zero-order chi connectivity index (χ0) is 24.1. The molecular formula is C29H27NO4. The van der Waals surface area contributed by atoms with Crippen molar-refractivity contribution < 1.29 is 19.4 Å². The molecule has 4 aromatic rings. The van der Waals surface area contributed by atoms with Crippen LogP contribution in [0, 0.1) is 6.92 Å². The molecule has 0 aliphatic carbocycles. The Hall–Kier alpha value is -4.12. The van der Waals surface area contributed by atoms with Crippen LogP contribution in [-0.4, -0.2) is 17.0 Å². The van der Waals surface area contributed by atoms with E-state index in [1.54, 1.807) is 18.2 Å². The van der Waals surface area contributed by atoms with Gasteiger partial charge in [0.1, 0.15) is 11.5 Å². The summed E-state index contributed by atoms with van der Waals surface area (Å²) in [5.74, 6) is 0.0101. The van der Waals surface area contributed by atoms with Gasteiger partial charge in [-0.2, -0.15) is 0 Å². The number of carbonyl (C=O) groups excluding carboxylic acids is 1. The lowest BCUT2D eigenvalue weighted by Gasteiger charge is -2.18. The third-order valence-electron chi connectivity index (χ3n) is 5.83. The number of nitrogens with one attached hydrogen (secondary N) is 1. The molecular weight excluding hydrogens is 426 g/mol. The zero-order valence-corrected chi connectivity index (χ0v) is 19.2. The summed E-state index contributed by atoms with van der Waals surface area (Å²) >= 11 is 0. The Morgan fingerprint density at radius 3 is 2.38 bits per heavy atom. The molecule has 5 nitrogen and oxygen atoms in total. The van der Waals surface area contributed by atoms with Gasteiger partial charge in [0.05, 0.1) is 6.04 Å². The van der Waals surface area contributed by atoms with E-state index in [-0.39, 0.29) is 24.8 Å². The maximum absolute atomic E-state index is 13.4. The summed E-state index contributed by atoms with van der Waals surface area (Å²) in [6.07, 6.45) is 0.197. The highest BCUT2D eigenvalue weighted by molar-refractivity contribution is 5.97. The number of rotatable bonds is 8. The lowest BCUT2D eigenvalue weighted by molar-refractivity contribution is -0.136. The lowest BCUT2D eigenvalue weighted by Crippen LogP contribution is -2.27. The molecule has 0 fully saturated rings. The quantitative estimate of drug-likeness (QED) is 0.321. The monoisotopic (exact) mass is 453 g/mol. The number of benzene rings is 4. The van der Waals surface area contributed by atoms with Crippen molar-refractivity contribution in [2.75, 3.05) is 0 Å². The standard InChI is InChI=1S/C29H27NO4/c1-19-10-14-23(15-11-19)34-24-16-12-22(13-17-28(31)32)27(18-24)29(33)30-20(2)25-9-5-7-21-6-3-4-8-26(21)25/h3-12,14-16,18,20H,13,17H2,1-2H3,(H,30,33)(H,31,32). The first-order chi connectivity index (χ1) is 16.4. The van der Waals surface area contributed by atoms with Gasteiger partial charge in [0.2, 0.25) is 0 Å². The topological polar surface area (TPSA) is 75.6 Å². The predicted molar refractivity (Wildman–Crippen MR) is 133 cm³/mol. The van der Waals surface area contributed by atoms with Crippen molar-refractivity contribution in [3.63, 3.8) is 0 Å². The first-order valence-corrected chi connectivity index (χ1v) is 11.3. The molecule has 0 bridgehead atoms. The van der Waals surface area contributed by atoms with E-state index >= 15 is 0 Å². The second kappa shape index (κ2) is 10.2. The summed E-state index contributed by atoms with van der Waals surface area (Å²) in [6.45, 7) is 3.95. The number of fused-ring (bicyclic) bond motifs is 1. The second-order valence-corrected chi connectivity index (χ2v) is 8.39. The minimum absolute atomic E-state index is 0.0582. The van der Waals surface area contributed by atoms with E-state index in [0.29, 0.717) is 22.6 Å². The van der Waals surface area contributed by atoms with Crippen LogP contribution in [0.3, 0.4) is 0 Å². The number of hydrogen-bond acceptors (Lipinski definition) is 3. The first kappa shape index (κ1) is 23.1. The van der Waals surface area contributed by atoms with Gasteiger partial charge in [-0.05, 0) is 66.4 Å². The molecule has 0 heterocycles. The Labute approximate surface area is 199 Å². The fourth-order valence-electron chi connectivity index (χ4n) is 4.01. The highest BCUT2D eigenvalue weighted by atomic mass is 16.5. The summed E-state index contributed by atoms with van der Waals surface area (Å²) in [7, 11) is 0. The Balaban J connectivity index is 1.61. The van der Waals surface area contributed by atoms with Crippen molar-refractivity contribution in [1.82, 2.24) is 5.32 Å². The SMILES string of the molecule is Cc1ccc(Oc2ccc(CCC(=O)O)c(C(=O)NC(C)c3cccc4ccccc34)c2)cc1. The molecule has 4 rings (SSSR count). The number of aryl methyl sites for hydroxylation is 2. The van der Waals surface area contributed by atoms with Crippen molar-refractivity contribution in [2.45, 2.75) is 32.7 Å². The minimum atomic E-state index is -0.907. The number of ether oxygens (including phenoxy) is 1. The molecule has 4 aromatic carbocycles. The van der Waals surface area contributed by atoms with E-state index in [1.807, 2.05) is 80.6 Å². The average Bonchev–Trinajstić information content (AvgIpc) is 2.84. The molecule has 1 atom stereocenters. The average molecular weight is 454 g/mol. The smallest absolute Gasteiger partial charge is 0.303 e. The molecule has 0 radical (unpaired) electrons. The Bertz CT molecular complexity index is 1320. The molecule has 0 saturated heterocycles. The molecule has 2 N–H and O–H groups in total. The molecule has 34 heavy (non-hydrogen) atoms. The highest BCUT2D eigenvalue weighted by Gasteiger charge is 2.18. The van der Waals surface area contributed by atoms with E-state index in [1.165, 1.54) is 0 Å². The minimum Gasteiger partial charge on any atom is -0.481 e. The third-order valence-corrected chi connectivity index (χ3v) is 5.83. The van der Waals surface area contributed by atoms with E-state index in [9.17, 15) is 9.59 Å². The van der Waals surface area contributed by atoms with Crippen LogP contribution in [0.25, 0.3) is 10.8 Å². The Morgan fingerprint density at radius 1 is 0.912 bits per heavy atom. The van der Waals surface area contributed by atoms with Gasteiger partial charge in [-0.15, -0.1) is 0 Å². The second-order valence-electron chi connectivity index (χ2n) is 8.39. The fraction of sp³-hybridized carbons (Fsp3) is 0.172. The predicted octanol–water partition coefficient (Wildman–Crippen LogP) is 6.45. The van der Waals surface area contributed by atoms with Crippen molar-refractivity contribution in [3.05, 3.63) is 107 Å². The van der Waals surface area contributed by atoms with E-state index in [4.69, 9.17) is 9.84 Å². The molecule has 0 aliphatic heterocycles. The first-order valence-electron chi connectivity index (χ1n) is 11.3. The molecule has 0 aliphatic rings. The number of hydrogen-bond donors (Lipinski definition) is 2. The molecule has 1 unspecified atom stereocenters. The normalized spacial score (nSPS) is 11.7. The van der Waals surface area contributed by atoms with Gasteiger partial charge in [0, 0.05) is 12.0 Å². The van der Waals surface area contributed by atoms with Crippen LogP contribution in [-0.2, 0) is 11.2 Å².